The maximum absolute atomic E-state index is 12.2. The lowest BCUT2D eigenvalue weighted by atomic mass is 10.0. The Morgan fingerprint density at radius 2 is 1.59 bits per heavy atom. The van der Waals surface area contributed by atoms with E-state index in [1.165, 1.54) is 36.6 Å². The molecular weight excluding hydrogens is 446 g/mol. The summed E-state index contributed by atoms with van der Waals surface area (Å²) in [7, 11) is -1.67. The molecule has 0 atom stereocenters. The number of nitrogens with zero attached hydrogens (tertiary/aromatic N) is 1. The van der Waals surface area contributed by atoms with Crippen molar-refractivity contribution < 1.29 is 23.1 Å². The molecule has 3 aromatic carbocycles. The van der Waals surface area contributed by atoms with E-state index in [0.29, 0.717) is 5.00 Å². The van der Waals surface area contributed by atoms with Gasteiger partial charge in [0.1, 0.15) is 10.8 Å². The van der Waals surface area contributed by atoms with Gasteiger partial charge in [0.15, 0.2) is 0 Å². The Bertz CT molecular complexity index is 1340. The highest BCUT2D eigenvalue weighted by Gasteiger charge is 2.20. The summed E-state index contributed by atoms with van der Waals surface area (Å²) in [6, 6.07) is 25.7. The fourth-order valence-electron chi connectivity index (χ4n) is 3.35. The largest absolute Gasteiger partial charge is 0.495 e. The number of methoxy groups -OCH3 is 1. The van der Waals surface area contributed by atoms with Crippen molar-refractivity contribution in [3.05, 3.63) is 90.5 Å². The number of carbonyl (C=O) groups is 1. The first kappa shape index (κ1) is 21.6. The van der Waals surface area contributed by atoms with Crippen LogP contribution >= 0.6 is 11.3 Å². The molecule has 162 valence electrons. The van der Waals surface area contributed by atoms with Crippen molar-refractivity contribution >= 4 is 38.9 Å². The summed E-state index contributed by atoms with van der Waals surface area (Å²) in [5.41, 5.74) is 3.39. The standard InChI is InChI=1S/C24H19NO5S2/c1-30-21-15-19(24(26)27)10-11-20(21)25(32(28)29)23-13-12-22(31-23)18-9-5-8-17(14-18)16-6-3-2-4-7-16/h2-15,32H,1H3,(H,26,27). The van der Waals surface area contributed by atoms with Crippen LogP contribution in [0.2, 0.25) is 0 Å². The van der Waals surface area contributed by atoms with E-state index in [9.17, 15) is 18.3 Å². The zero-order valence-corrected chi connectivity index (χ0v) is 18.7. The summed E-state index contributed by atoms with van der Waals surface area (Å²) in [5, 5.41) is 9.68. The lowest BCUT2D eigenvalue weighted by molar-refractivity contribution is 0.0696. The Balaban J connectivity index is 1.73. The van der Waals surface area contributed by atoms with Crippen LogP contribution < -0.4 is 9.04 Å². The first-order valence-electron chi connectivity index (χ1n) is 9.59. The zero-order valence-electron chi connectivity index (χ0n) is 17.0. The number of carboxylic acid groups (broad SMARTS) is 1. The van der Waals surface area contributed by atoms with Crippen molar-refractivity contribution in [3.8, 4) is 27.3 Å². The average Bonchev–Trinajstić information content (AvgIpc) is 3.29. The molecule has 0 unspecified atom stereocenters. The minimum absolute atomic E-state index is 0.0104. The molecule has 4 aromatic rings. The number of rotatable bonds is 7. The molecule has 0 aliphatic carbocycles. The van der Waals surface area contributed by atoms with Gasteiger partial charge in [0.2, 0.25) is 10.9 Å². The van der Waals surface area contributed by atoms with E-state index in [4.69, 9.17) is 4.74 Å². The van der Waals surface area contributed by atoms with Gasteiger partial charge in [-0.2, -0.15) is 0 Å². The minimum atomic E-state index is -3.04. The molecule has 1 N–H and O–H groups in total. The maximum atomic E-state index is 12.2. The summed E-state index contributed by atoms with van der Waals surface area (Å²) in [4.78, 5) is 12.2. The van der Waals surface area contributed by atoms with Gasteiger partial charge < -0.3 is 9.84 Å². The quantitative estimate of drug-likeness (QED) is 0.355. The Hall–Kier alpha value is -3.62. The molecule has 1 aromatic heterocycles. The summed E-state index contributed by atoms with van der Waals surface area (Å²) in [6.07, 6.45) is 0. The molecule has 0 amide bonds. The highest BCUT2D eigenvalue weighted by molar-refractivity contribution is 7.74. The second kappa shape index (κ2) is 9.25. The molecule has 0 bridgehead atoms. The van der Waals surface area contributed by atoms with Crippen LogP contribution in [0.5, 0.6) is 5.75 Å². The van der Waals surface area contributed by atoms with Crippen molar-refractivity contribution in [2.24, 2.45) is 0 Å². The van der Waals surface area contributed by atoms with E-state index >= 15 is 0 Å². The number of carboxylic acids is 1. The SMILES string of the molecule is COc1cc(C(=O)O)ccc1N(c1ccc(-c2cccc(-c3ccccc3)c2)s1)[SH](=O)=O. The van der Waals surface area contributed by atoms with Gasteiger partial charge in [0, 0.05) is 4.88 Å². The van der Waals surface area contributed by atoms with E-state index in [0.717, 1.165) is 25.9 Å². The third kappa shape index (κ3) is 4.37. The molecule has 4 rings (SSSR count). The molecule has 6 nitrogen and oxygen atoms in total. The monoisotopic (exact) mass is 465 g/mol. The number of ether oxygens (including phenoxy) is 1. The number of benzene rings is 3. The molecule has 0 saturated carbocycles. The van der Waals surface area contributed by atoms with Gasteiger partial charge in [0.05, 0.1) is 18.4 Å². The Kier molecular flexibility index (Phi) is 6.25. The summed E-state index contributed by atoms with van der Waals surface area (Å²) in [6.45, 7) is 0. The third-order valence-corrected chi connectivity index (χ3v) is 6.89. The van der Waals surface area contributed by atoms with Gasteiger partial charge in [-0.3, -0.25) is 0 Å². The van der Waals surface area contributed by atoms with Crippen LogP contribution in [0.25, 0.3) is 21.6 Å². The predicted molar refractivity (Wildman–Crippen MR) is 128 cm³/mol. The number of thiophene rings is 1. The van der Waals surface area contributed by atoms with Crippen molar-refractivity contribution in [1.29, 1.82) is 0 Å². The van der Waals surface area contributed by atoms with Crippen molar-refractivity contribution in [1.82, 2.24) is 0 Å². The molecule has 32 heavy (non-hydrogen) atoms. The van der Waals surface area contributed by atoms with Crippen LogP contribution in [0.3, 0.4) is 0 Å². The Labute approximate surface area is 191 Å². The third-order valence-electron chi connectivity index (χ3n) is 4.87. The van der Waals surface area contributed by atoms with Gasteiger partial charge >= 0.3 is 5.97 Å². The van der Waals surface area contributed by atoms with Gasteiger partial charge in [-0.15, -0.1) is 11.3 Å². The second-order valence-corrected chi connectivity index (χ2v) is 8.76. The number of anilines is 2. The first-order valence-corrected chi connectivity index (χ1v) is 11.5. The molecule has 8 heteroatoms. The highest BCUT2D eigenvalue weighted by Crippen LogP contribution is 2.41. The van der Waals surface area contributed by atoms with Gasteiger partial charge in [-0.25, -0.2) is 17.5 Å². The Morgan fingerprint density at radius 1 is 0.875 bits per heavy atom. The van der Waals surface area contributed by atoms with Gasteiger partial charge in [-0.05, 0) is 53.1 Å². The topological polar surface area (TPSA) is 83.9 Å². The van der Waals surface area contributed by atoms with Gasteiger partial charge in [-0.1, -0.05) is 48.5 Å². The molecule has 1 heterocycles. The van der Waals surface area contributed by atoms with E-state index < -0.39 is 16.9 Å². The zero-order chi connectivity index (χ0) is 22.7. The average molecular weight is 466 g/mol. The van der Waals surface area contributed by atoms with Crippen LogP contribution in [0.15, 0.2) is 84.9 Å². The lowest BCUT2D eigenvalue weighted by Crippen LogP contribution is -2.14. The maximum Gasteiger partial charge on any atom is 0.335 e. The predicted octanol–water partition coefficient (Wildman–Crippen LogP) is 5.45. The van der Waals surface area contributed by atoms with Crippen LogP contribution in [0.4, 0.5) is 10.7 Å². The fourth-order valence-corrected chi connectivity index (χ4v) is 5.17. The Morgan fingerprint density at radius 3 is 2.28 bits per heavy atom. The van der Waals surface area contributed by atoms with E-state index in [1.807, 2.05) is 54.6 Å². The molecule has 0 saturated heterocycles. The minimum Gasteiger partial charge on any atom is -0.495 e. The van der Waals surface area contributed by atoms with E-state index in [-0.39, 0.29) is 17.0 Å². The molecular formula is C24H19NO5S2. The second-order valence-electron chi connectivity index (χ2n) is 6.83. The van der Waals surface area contributed by atoms with Crippen LogP contribution in [0, 0.1) is 0 Å². The van der Waals surface area contributed by atoms with Crippen molar-refractivity contribution in [2.75, 3.05) is 11.4 Å². The van der Waals surface area contributed by atoms with Gasteiger partial charge in [0.25, 0.3) is 0 Å². The molecule has 0 radical (unpaired) electrons. The lowest BCUT2D eigenvalue weighted by Gasteiger charge is -2.19. The van der Waals surface area contributed by atoms with Crippen molar-refractivity contribution in [2.45, 2.75) is 0 Å². The normalized spacial score (nSPS) is 10.8. The van der Waals surface area contributed by atoms with Crippen LogP contribution in [-0.4, -0.2) is 26.6 Å². The smallest absolute Gasteiger partial charge is 0.335 e. The van der Waals surface area contributed by atoms with E-state index in [1.54, 1.807) is 6.07 Å². The number of hydrogen-bond acceptors (Lipinski definition) is 5. The molecule has 0 spiro atoms. The first-order chi connectivity index (χ1) is 15.5. The molecule has 0 aliphatic heterocycles. The molecule has 0 fully saturated rings. The number of aromatic carboxylic acids is 1. The fraction of sp³-hybridized carbons (Fsp3) is 0.0417. The van der Waals surface area contributed by atoms with E-state index in [2.05, 4.69) is 6.07 Å². The number of hydrogen-bond donors (Lipinski definition) is 2. The van der Waals surface area contributed by atoms with Crippen molar-refractivity contribution in [3.63, 3.8) is 0 Å². The van der Waals surface area contributed by atoms with Crippen LogP contribution in [-0.2, 0) is 10.9 Å². The summed E-state index contributed by atoms with van der Waals surface area (Å²) in [5.74, 6) is -0.963. The van der Waals surface area contributed by atoms with Crippen LogP contribution in [0.1, 0.15) is 10.4 Å². The molecule has 0 aliphatic rings. The summed E-state index contributed by atoms with van der Waals surface area (Å²) < 4.78 is 30.8. The number of thiol groups is 1. The summed E-state index contributed by atoms with van der Waals surface area (Å²) >= 11 is 1.32. The highest BCUT2D eigenvalue weighted by atomic mass is 32.2.